The highest BCUT2D eigenvalue weighted by molar-refractivity contribution is 5.94. The van der Waals surface area contributed by atoms with Gasteiger partial charge in [-0.25, -0.2) is 9.97 Å². The second kappa shape index (κ2) is 9.75. The van der Waals surface area contributed by atoms with Crippen LogP contribution in [0.3, 0.4) is 0 Å². The molecule has 2 aliphatic heterocycles. The molecule has 172 valence electrons. The fourth-order valence-electron chi connectivity index (χ4n) is 4.86. The lowest BCUT2D eigenvalue weighted by atomic mass is 10.1. The van der Waals surface area contributed by atoms with Gasteiger partial charge in [-0.05, 0) is 82.1 Å². The quantitative estimate of drug-likeness (QED) is 0.550. The summed E-state index contributed by atoms with van der Waals surface area (Å²) in [5, 5.41) is 0. The highest BCUT2D eigenvalue weighted by Gasteiger charge is 2.31. The Bertz CT molecular complexity index is 1090. The first-order valence-corrected chi connectivity index (χ1v) is 11.9. The van der Waals surface area contributed by atoms with Crippen LogP contribution in [0.4, 0.5) is 0 Å². The summed E-state index contributed by atoms with van der Waals surface area (Å²) in [5.41, 5.74) is 1.61. The summed E-state index contributed by atoms with van der Waals surface area (Å²) in [5.74, 6) is 2.58. The minimum atomic E-state index is -0.0161. The van der Waals surface area contributed by atoms with Crippen molar-refractivity contribution in [3.63, 3.8) is 0 Å². The van der Waals surface area contributed by atoms with Crippen LogP contribution in [0.5, 0.6) is 5.75 Å². The van der Waals surface area contributed by atoms with Gasteiger partial charge in [0.15, 0.2) is 0 Å². The first kappa shape index (κ1) is 21.6. The molecule has 7 heteroatoms. The number of amides is 1. The highest BCUT2D eigenvalue weighted by atomic mass is 16.5. The number of rotatable bonds is 7. The van der Waals surface area contributed by atoms with Crippen molar-refractivity contribution in [2.24, 2.45) is 0 Å². The van der Waals surface area contributed by atoms with Crippen LogP contribution in [0.15, 0.2) is 54.9 Å². The second-order valence-electron chi connectivity index (χ2n) is 8.84. The largest absolute Gasteiger partial charge is 0.492 e. The molecule has 0 N–H and O–H groups in total. The Hall–Kier alpha value is -3.19. The Morgan fingerprint density at radius 1 is 1.06 bits per heavy atom. The van der Waals surface area contributed by atoms with Crippen molar-refractivity contribution < 1.29 is 9.53 Å². The van der Waals surface area contributed by atoms with E-state index >= 15 is 0 Å². The highest BCUT2D eigenvalue weighted by Crippen LogP contribution is 2.33. The Morgan fingerprint density at radius 3 is 2.64 bits per heavy atom. The molecule has 0 aliphatic carbocycles. The fourth-order valence-corrected chi connectivity index (χ4v) is 4.86. The lowest BCUT2D eigenvalue weighted by Gasteiger charge is -2.25. The van der Waals surface area contributed by atoms with E-state index in [0.29, 0.717) is 12.2 Å². The zero-order valence-corrected chi connectivity index (χ0v) is 19.2. The van der Waals surface area contributed by atoms with Crippen molar-refractivity contribution >= 4 is 5.91 Å². The molecule has 2 aromatic heterocycles. The average molecular weight is 446 g/mol. The van der Waals surface area contributed by atoms with Gasteiger partial charge in [-0.3, -0.25) is 14.3 Å². The molecule has 0 saturated carbocycles. The SMILES string of the molecule is Cc1nccn1-c1cccc([C@H]2CCCN2C(=O)c2ccc(OCCN3CCCC3)cc2)n1. The molecule has 2 fully saturated rings. The van der Waals surface area contributed by atoms with Gasteiger partial charge >= 0.3 is 0 Å². The number of hydrogen-bond acceptors (Lipinski definition) is 5. The topological polar surface area (TPSA) is 63.5 Å². The lowest BCUT2D eigenvalue weighted by molar-refractivity contribution is 0.0733. The molecule has 0 bridgehead atoms. The minimum Gasteiger partial charge on any atom is -0.492 e. The molecule has 0 spiro atoms. The molecule has 5 rings (SSSR count). The molecule has 1 aromatic carbocycles. The molecule has 0 unspecified atom stereocenters. The predicted octanol–water partition coefficient (Wildman–Crippen LogP) is 4.03. The zero-order chi connectivity index (χ0) is 22.6. The van der Waals surface area contributed by atoms with Crippen LogP contribution in [0, 0.1) is 6.92 Å². The number of benzene rings is 1. The summed E-state index contributed by atoms with van der Waals surface area (Å²) in [6.07, 6.45) is 8.16. The van der Waals surface area contributed by atoms with Crippen molar-refractivity contribution in [1.29, 1.82) is 0 Å². The number of hydrogen-bond donors (Lipinski definition) is 0. The monoisotopic (exact) mass is 445 g/mol. The van der Waals surface area contributed by atoms with E-state index in [-0.39, 0.29) is 11.9 Å². The van der Waals surface area contributed by atoms with Crippen LogP contribution in [0.1, 0.15) is 53.6 Å². The maximum atomic E-state index is 13.3. The summed E-state index contributed by atoms with van der Waals surface area (Å²) in [4.78, 5) is 26.9. The van der Waals surface area contributed by atoms with Crippen molar-refractivity contribution in [1.82, 2.24) is 24.3 Å². The Morgan fingerprint density at radius 2 is 1.88 bits per heavy atom. The third-order valence-corrected chi connectivity index (χ3v) is 6.66. The van der Waals surface area contributed by atoms with Crippen LogP contribution in [-0.2, 0) is 0 Å². The Kier molecular flexibility index (Phi) is 6.39. The van der Waals surface area contributed by atoms with Crippen molar-refractivity contribution in [3.05, 3.63) is 71.9 Å². The Balaban J connectivity index is 1.25. The number of aryl methyl sites for hydroxylation is 1. The normalized spacial score (nSPS) is 18.7. The molecule has 2 saturated heterocycles. The summed E-state index contributed by atoms with van der Waals surface area (Å²) < 4.78 is 7.86. The number of pyridine rings is 1. The molecular formula is C26H31N5O2. The van der Waals surface area contributed by atoms with E-state index in [9.17, 15) is 4.79 Å². The molecule has 1 amide bonds. The first-order chi connectivity index (χ1) is 16.2. The van der Waals surface area contributed by atoms with Crippen molar-refractivity contribution in [2.75, 3.05) is 32.8 Å². The smallest absolute Gasteiger partial charge is 0.254 e. The van der Waals surface area contributed by atoms with E-state index in [1.807, 2.05) is 65.1 Å². The standard InChI is InChI=1S/C26H31N5O2/c1-20-27-13-17-30(20)25-8-4-6-23(28-25)24-7-5-16-31(24)26(32)21-9-11-22(12-10-21)33-19-18-29-14-2-3-15-29/h4,6,8-13,17,24H,2-3,5,7,14-16,18-19H2,1H3/t24-/m1/s1. The van der Waals surface area contributed by atoms with Gasteiger partial charge in [0, 0.05) is 31.0 Å². The molecule has 7 nitrogen and oxygen atoms in total. The van der Waals surface area contributed by atoms with Crippen LogP contribution in [0.25, 0.3) is 5.82 Å². The molecule has 2 aliphatic rings. The number of carbonyl (C=O) groups is 1. The van der Waals surface area contributed by atoms with E-state index in [1.165, 1.54) is 25.9 Å². The summed E-state index contributed by atoms with van der Waals surface area (Å²) in [6, 6.07) is 13.5. The lowest BCUT2D eigenvalue weighted by Crippen LogP contribution is -2.31. The zero-order valence-electron chi connectivity index (χ0n) is 19.2. The summed E-state index contributed by atoms with van der Waals surface area (Å²) in [6.45, 7) is 6.69. The van der Waals surface area contributed by atoms with Crippen molar-refractivity contribution in [3.8, 4) is 11.6 Å². The van der Waals surface area contributed by atoms with Crippen LogP contribution in [0.2, 0.25) is 0 Å². The predicted molar refractivity (Wildman–Crippen MR) is 127 cm³/mol. The van der Waals surface area contributed by atoms with E-state index in [1.54, 1.807) is 6.20 Å². The molecule has 4 heterocycles. The van der Waals surface area contributed by atoms with E-state index in [2.05, 4.69) is 9.88 Å². The summed E-state index contributed by atoms with van der Waals surface area (Å²) in [7, 11) is 0. The van der Waals surface area contributed by atoms with Crippen LogP contribution in [-0.4, -0.2) is 63.0 Å². The van der Waals surface area contributed by atoms with Gasteiger partial charge in [-0.15, -0.1) is 0 Å². The van der Waals surface area contributed by atoms with Gasteiger partial charge in [-0.2, -0.15) is 0 Å². The third kappa shape index (κ3) is 4.78. The van der Waals surface area contributed by atoms with Gasteiger partial charge in [0.2, 0.25) is 0 Å². The van der Waals surface area contributed by atoms with Gasteiger partial charge in [0.1, 0.15) is 24.0 Å². The van der Waals surface area contributed by atoms with Crippen molar-refractivity contribution in [2.45, 2.75) is 38.6 Å². The van der Waals surface area contributed by atoms with Gasteiger partial charge < -0.3 is 9.64 Å². The maximum Gasteiger partial charge on any atom is 0.254 e. The third-order valence-electron chi connectivity index (χ3n) is 6.66. The van der Waals surface area contributed by atoms with E-state index in [0.717, 1.165) is 49.0 Å². The van der Waals surface area contributed by atoms with Gasteiger partial charge in [0.05, 0.1) is 11.7 Å². The molecule has 3 aromatic rings. The minimum absolute atomic E-state index is 0.0161. The molecular weight excluding hydrogens is 414 g/mol. The Labute approximate surface area is 195 Å². The van der Waals surface area contributed by atoms with Crippen LogP contribution < -0.4 is 4.74 Å². The summed E-state index contributed by atoms with van der Waals surface area (Å²) >= 11 is 0. The number of ether oxygens (including phenoxy) is 1. The number of imidazole rings is 1. The number of likely N-dealkylation sites (tertiary alicyclic amines) is 2. The van der Waals surface area contributed by atoms with E-state index in [4.69, 9.17) is 9.72 Å². The van der Waals surface area contributed by atoms with Gasteiger partial charge in [0.25, 0.3) is 5.91 Å². The maximum absolute atomic E-state index is 13.3. The van der Waals surface area contributed by atoms with E-state index < -0.39 is 0 Å². The molecule has 1 atom stereocenters. The van der Waals surface area contributed by atoms with Crippen LogP contribution >= 0.6 is 0 Å². The van der Waals surface area contributed by atoms with Gasteiger partial charge in [-0.1, -0.05) is 6.07 Å². The molecule has 0 radical (unpaired) electrons. The molecule has 33 heavy (non-hydrogen) atoms. The average Bonchev–Trinajstić information content (AvgIpc) is 3.61. The number of nitrogens with zero attached hydrogens (tertiary/aromatic N) is 5. The second-order valence-corrected chi connectivity index (χ2v) is 8.84. The first-order valence-electron chi connectivity index (χ1n) is 11.9. The number of aromatic nitrogens is 3. The number of carbonyl (C=O) groups excluding carboxylic acids is 1. The fraction of sp³-hybridized carbons (Fsp3) is 0.423.